The molecule has 2 aromatic heterocycles. The SMILES string of the molecule is Cc1ccn2c(CC(N)=S)c(-c3ccc(C)c(C)c3)nc2c1. The van der Waals surface area contributed by atoms with Crippen molar-refractivity contribution < 1.29 is 0 Å². The summed E-state index contributed by atoms with van der Waals surface area (Å²) >= 11 is 5.13. The van der Waals surface area contributed by atoms with E-state index in [1.165, 1.54) is 16.7 Å². The number of benzene rings is 1. The molecular formula is C18H19N3S. The standard InChI is InChI=1S/C18H19N3S/c1-11-6-7-21-15(10-16(19)22)18(20-17(21)8-11)14-5-4-12(2)13(3)9-14/h4-9H,10H2,1-3H3,(H2,19,22). The number of nitrogens with two attached hydrogens (primary N) is 1. The Morgan fingerprint density at radius 3 is 2.59 bits per heavy atom. The molecule has 0 aliphatic heterocycles. The molecule has 0 atom stereocenters. The van der Waals surface area contributed by atoms with Crippen LogP contribution >= 0.6 is 12.2 Å². The Morgan fingerprint density at radius 1 is 1.14 bits per heavy atom. The Morgan fingerprint density at radius 2 is 1.91 bits per heavy atom. The van der Waals surface area contributed by atoms with Crippen LogP contribution in [0, 0.1) is 20.8 Å². The van der Waals surface area contributed by atoms with Gasteiger partial charge in [0.15, 0.2) is 0 Å². The molecule has 0 aliphatic carbocycles. The van der Waals surface area contributed by atoms with Crippen LogP contribution in [0.2, 0.25) is 0 Å². The Balaban J connectivity index is 2.26. The molecule has 0 saturated carbocycles. The van der Waals surface area contributed by atoms with Gasteiger partial charge in [-0.05, 0) is 55.7 Å². The lowest BCUT2D eigenvalue weighted by atomic mass is 10.0. The molecule has 4 heteroatoms. The van der Waals surface area contributed by atoms with Gasteiger partial charge in [-0.3, -0.25) is 0 Å². The first-order chi connectivity index (χ1) is 10.5. The zero-order valence-electron chi connectivity index (χ0n) is 13.1. The number of hydrogen-bond acceptors (Lipinski definition) is 2. The number of rotatable bonds is 3. The van der Waals surface area contributed by atoms with E-state index < -0.39 is 0 Å². The van der Waals surface area contributed by atoms with Gasteiger partial charge in [0, 0.05) is 18.2 Å². The molecule has 0 aliphatic rings. The van der Waals surface area contributed by atoms with E-state index in [9.17, 15) is 0 Å². The largest absolute Gasteiger partial charge is 0.393 e. The number of hydrogen-bond donors (Lipinski definition) is 1. The average molecular weight is 309 g/mol. The summed E-state index contributed by atoms with van der Waals surface area (Å²) in [6.45, 7) is 6.30. The van der Waals surface area contributed by atoms with Crippen LogP contribution in [0.5, 0.6) is 0 Å². The van der Waals surface area contributed by atoms with E-state index in [0.717, 1.165) is 22.6 Å². The van der Waals surface area contributed by atoms with Gasteiger partial charge in [-0.25, -0.2) is 4.98 Å². The molecule has 2 N–H and O–H groups in total. The summed E-state index contributed by atoms with van der Waals surface area (Å²) in [5.74, 6) is 0. The maximum Gasteiger partial charge on any atom is 0.137 e. The Kier molecular flexibility index (Phi) is 3.71. The van der Waals surface area contributed by atoms with Gasteiger partial charge in [0.1, 0.15) is 5.65 Å². The maximum absolute atomic E-state index is 5.80. The molecule has 0 saturated heterocycles. The lowest BCUT2D eigenvalue weighted by Crippen LogP contribution is -2.13. The first-order valence-corrected chi connectivity index (χ1v) is 7.70. The highest BCUT2D eigenvalue weighted by atomic mass is 32.1. The summed E-state index contributed by atoms with van der Waals surface area (Å²) in [7, 11) is 0. The molecule has 2 heterocycles. The highest BCUT2D eigenvalue weighted by molar-refractivity contribution is 7.80. The fraction of sp³-hybridized carbons (Fsp3) is 0.222. The maximum atomic E-state index is 5.80. The summed E-state index contributed by atoms with van der Waals surface area (Å²) in [6.07, 6.45) is 2.58. The van der Waals surface area contributed by atoms with Gasteiger partial charge in [0.2, 0.25) is 0 Å². The summed E-state index contributed by atoms with van der Waals surface area (Å²) in [5.41, 5.74) is 13.6. The van der Waals surface area contributed by atoms with Gasteiger partial charge in [0.05, 0.1) is 16.4 Å². The minimum atomic E-state index is 0.479. The molecule has 3 aromatic rings. The van der Waals surface area contributed by atoms with Crippen molar-refractivity contribution in [3.05, 3.63) is 58.9 Å². The molecular weight excluding hydrogens is 290 g/mol. The van der Waals surface area contributed by atoms with Crippen molar-refractivity contribution >= 4 is 22.9 Å². The lowest BCUT2D eigenvalue weighted by Gasteiger charge is -2.07. The predicted octanol–water partition coefficient (Wildman–Crippen LogP) is 3.76. The minimum absolute atomic E-state index is 0.479. The molecule has 22 heavy (non-hydrogen) atoms. The minimum Gasteiger partial charge on any atom is -0.393 e. The van der Waals surface area contributed by atoms with Crippen LogP contribution in [-0.2, 0) is 6.42 Å². The van der Waals surface area contributed by atoms with Gasteiger partial charge >= 0.3 is 0 Å². The third-order valence-corrected chi connectivity index (χ3v) is 4.15. The van der Waals surface area contributed by atoms with E-state index in [4.69, 9.17) is 22.9 Å². The van der Waals surface area contributed by atoms with Crippen LogP contribution in [0.3, 0.4) is 0 Å². The van der Waals surface area contributed by atoms with Crippen LogP contribution in [0.25, 0.3) is 16.9 Å². The van der Waals surface area contributed by atoms with Gasteiger partial charge in [0.25, 0.3) is 0 Å². The second-order valence-electron chi connectivity index (χ2n) is 5.78. The molecule has 3 rings (SSSR count). The first-order valence-electron chi connectivity index (χ1n) is 7.29. The molecule has 0 amide bonds. The number of imidazole rings is 1. The van der Waals surface area contributed by atoms with E-state index >= 15 is 0 Å². The quantitative estimate of drug-likeness (QED) is 0.749. The van der Waals surface area contributed by atoms with Crippen molar-refractivity contribution in [2.45, 2.75) is 27.2 Å². The van der Waals surface area contributed by atoms with E-state index in [2.05, 4.69) is 55.5 Å². The van der Waals surface area contributed by atoms with Crippen molar-refractivity contribution in [2.75, 3.05) is 0 Å². The Hall–Kier alpha value is -2.20. The number of aromatic nitrogens is 2. The average Bonchev–Trinajstić information content (AvgIpc) is 2.79. The first kappa shape index (κ1) is 14.7. The molecule has 0 unspecified atom stereocenters. The summed E-state index contributed by atoms with van der Waals surface area (Å²) in [4.78, 5) is 5.29. The number of pyridine rings is 1. The normalized spacial score (nSPS) is 11.0. The molecule has 1 aromatic carbocycles. The van der Waals surface area contributed by atoms with Crippen LogP contribution in [-0.4, -0.2) is 14.4 Å². The predicted molar refractivity (Wildman–Crippen MR) is 95.3 cm³/mol. The summed E-state index contributed by atoms with van der Waals surface area (Å²) in [6, 6.07) is 10.6. The molecule has 0 bridgehead atoms. The third-order valence-electron chi connectivity index (χ3n) is 4.00. The smallest absolute Gasteiger partial charge is 0.137 e. The fourth-order valence-corrected chi connectivity index (χ4v) is 2.79. The van der Waals surface area contributed by atoms with Gasteiger partial charge in [-0.2, -0.15) is 0 Å². The Labute approximate surface area is 135 Å². The number of fused-ring (bicyclic) bond motifs is 1. The van der Waals surface area contributed by atoms with Crippen LogP contribution in [0.4, 0.5) is 0 Å². The molecule has 112 valence electrons. The van der Waals surface area contributed by atoms with Gasteiger partial charge in [-0.15, -0.1) is 0 Å². The van der Waals surface area contributed by atoms with Crippen LogP contribution < -0.4 is 5.73 Å². The third kappa shape index (κ3) is 2.62. The van der Waals surface area contributed by atoms with Crippen LogP contribution in [0.1, 0.15) is 22.4 Å². The van der Waals surface area contributed by atoms with Crippen molar-refractivity contribution in [2.24, 2.45) is 5.73 Å². The Bertz CT molecular complexity index is 877. The fourth-order valence-electron chi connectivity index (χ4n) is 2.65. The number of nitrogens with zero attached hydrogens (tertiary/aromatic N) is 2. The van der Waals surface area contributed by atoms with E-state index in [-0.39, 0.29) is 0 Å². The van der Waals surface area contributed by atoms with Crippen LogP contribution in [0.15, 0.2) is 36.5 Å². The van der Waals surface area contributed by atoms with Crippen molar-refractivity contribution in [3.63, 3.8) is 0 Å². The molecule has 0 spiro atoms. The highest BCUT2D eigenvalue weighted by Crippen LogP contribution is 2.27. The highest BCUT2D eigenvalue weighted by Gasteiger charge is 2.15. The van der Waals surface area contributed by atoms with Crippen molar-refractivity contribution in [1.29, 1.82) is 0 Å². The van der Waals surface area contributed by atoms with E-state index in [1.807, 2.05) is 6.20 Å². The lowest BCUT2D eigenvalue weighted by molar-refractivity contribution is 1.07. The molecule has 0 fully saturated rings. The monoisotopic (exact) mass is 309 g/mol. The zero-order valence-corrected chi connectivity index (χ0v) is 13.9. The second-order valence-corrected chi connectivity index (χ2v) is 6.31. The van der Waals surface area contributed by atoms with Crippen molar-refractivity contribution in [3.8, 4) is 11.3 Å². The molecule has 0 radical (unpaired) electrons. The van der Waals surface area contributed by atoms with Gasteiger partial charge in [-0.1, -0.05) is 24.4 Å². The summed E-state index contributed by atoms with van der Waals surface area (Å²) in [5, 5.41) is 0. The van der Waals surface area contributed by atoms with Crippen molar-refractivity contribution in [1.82, 2.24) is 9.38 Å². The van der Waals surface area contributed by atoms with Gasteiger partial charge < -0.3 is 10.1 Å². The molecule has 3 nitrogen and oxygen atoms in total. The summed E-state index contributed by atoms with van der Waals surface area (Å²) < 4.78 is 2.08. The van der Waals surface area contributed by atoms with E-state index in [1.54, 1.807) is 0 Å². The van der Waals surface area contributed by atoms with E-state index in [0.29, 0.717) is 11.4 Å². The number of thiocarbonyl (C=S) groups is 1. The second kappa shape index (κ2) is 5.54. The zero-order chi connectivity index (χ0) is 15.9. The topological polar surface area (TPSA) is 43.3 Å². The number of aryl methyl sites for hydroxylation is 3.